The van der Waals surface area contributed by atoms with Crippen LogP contribution in [0.25, 0.3) is 0 Å². The Hall–Kier alpha value is 0.110. The Morgan fingerprint density at radius 1 is 1.50 bits per heavy atom. The van der Waals surface area contributed by atoms with Crippen LogP contribution in [0.15, 0.2) is 6.20 Å². The highest BCUT2D eigenvalue weighted by atomic mass is 79.9. The fourth-order valence-corrected chi connectivity index (χ4v) is 2.73. The van der Waals surface area contributed by atoms with E-state index in [1.165, 1.54) is 22.7 Å². The van der Waals surface area contributed by atoms with Crippen LogP contribution in [-0.4, -0.2) is 4.98 Å². The molecule has 1 nitrogen and oxygen atoms in total. The summed E-state index contributed by atoms with van der Waals surface area (Å²) >= 11 is 5.27. The molecule has 0 unspecified atom stereocenters. The molecule has 0 radical (unpaired) electrons. The average molecular weight is 248 g/mol. The lowest BCUT2D eigenvalue weighted by Crippen LogP contribution is -1.92. The molecule has 1 heterocycles. The van der Waals surface area contributed by atoms with Gasteiger partial charge in [-0.2, -0.15) is 0 Å². The highest BCUT2D eigenvalue weighted by Crippen LogP contribution is 2.27. The molecule has 0 amide bonds. The molecule has 0 aliphatic heterocycles. The third kappa shape index (κ3) is 2.30. The molecule has 0 saturated heterocycles. The molecule has 0 fully saturated rings. The zero-order valence-electron chi connectivity index (χ0n) is 7.51. The van der Waals surface area contributed by atoms with Crippen molar-refractivity contribution in [2.45, 2.75) is 37.9 Å². The van der Waals surface area contributed by atoms with E-state index in [1.54, 1.807) is 0 Å². The van der Waals surface area contributed by atoms with Gasteiger partial charge in [-0.15, -0.1) is 11.3 Å². The Morgan fingerprint density at radius 3 is 2.58 bits per heavy atom. The van der Waals surface area contributed by atoms with Gasteiger partial charge in [-0.05, 0) is 12.8 Å². The summed E-state index contributed by atoms with van der Waals surface area (Å²) in [4.78, 5) is 5.75. The van der Waals surface area contributed by atoms with Crippen molar-refractivity contribution in [2.75, 3.05) is 0 Å². The van der Waals surface area contributed by atoms with Crippen molar-refractivity contribution < 1.29 is 0 Å². The van der Waals surface area contributed by atoms with Gasteiger partial charge in [0.1, 0.15) is 0 Å². The fraction of sp³-hybridized carbons (Fsp3) is 0.667. The third-order valence-corrected chi connectivity index (χ3v) is 4.17. The van der Waals surface area contributed by atoms with Crippen molar-refractivity contribution in [1.29, 1.82) is 0 Å². The molecule has 0 N–H and O–H groups in total. The predicted octanol–water partition coefficient (Wildman–Crippen LogP) is 3.94. The summed E-state index contributed by atoms with van der Waals surface area (Å²) in [5.41, 5.74) is 0. The van der Waals surface area contributed by atoms with Gasteiger partial charge in [0.2, 0.25) is 0 Å². The summed E-state index contributed by atoms with van der Waals surface area (Å²) in [7, 11) is 0. The van der Waals surface area contributed by atoms with E-state index in [0.717, 1.165) is 5.33 Å². The van der Waals surface area contributed by atoms with Crippen LogP contribution >= 0.6 is 27.3 Å². The lowest BCUT2D eigenvalue weighted by Gasteiger charge is -2.06. The second kappa shape index (κ2) is 4.97. The molecule has 12 heavy (non-hydrogen) atoms. The van der Waals surface area contributed by atoms with Gasteiger partial charge in [0.05, 0.1) is 5.01 Å². The lowest BCUT2D eigenvalue weighted by molar-refractivity contribution is 0.637. The number of hydrogen-bond acceptors (Lipinski definition) is 2. The fourth-order valence-electron chi connectivity index (χ4n) is 1.21. The maximum absolute atomic E-state index is 4.42. The van der Waals surface area contributed by atoms with Gasteiger partial charge < -0.3 is 0 Å². The van der Waals surface area contributed by atoms with Crippen molar-refractivity contribution in [1.82, 2.24) is 4.98 Å². The Balaban J connectivity index is 2.72. The van der Waals surface area contributed by atoms with Crippen LogP contribution in [0.5, 0.6) is 0 Å². The van der Waals surface area contributed by atoms with E-state index in [0.29, 0.717) is 5.92 Å². The minimum absolute atomic E-state index is 0.669. The molecular formula is C9H14BrNS. The highest BCUT2D eigenvalue weighted by molar-refractivity contribution is 9.08. The van der Waals surface area contributed by atoms with Crippen molar-refractivity contribution >= 4 is 27.3 Å². The molecule has 1 aromatic rings. The third-order valence-electron chi connectivity index (χ3n) is 2.04. The second-order valence-corrected chi connectivity index (χ2v) is 4.52. The zero-order valence-corrected chi connectivity index (χ0v) is 9.91. The molecule has 0 saturated carbocycles. The van der Waals surface area contributed by atoms with Crippen molar-refractivity contribution in [3.05, 3.63) is 16.1 Å². The number of nitrogens with zero attached hydrogens (tertiary/aromatic N) is 1. The molecule has 1 aromatic heterocycles. The van der Waals surface area contributed by atoms with Gasteiger partial charge in [0, 0.05) is 22.3 Å². The number of rotatable bonds is 4. The number of hydrogen-bond donors (Lipinski definition) is 0. The van der Waals surface area contributed by atoms with Crippen molar-refractivity contribution in [3.8, 4) is 0 Å². The quantitative estimate of drug-likeness (QED) is 0.735. The molecule has 0 spiro atoms. The van der Waals surface area contributed by atoms with Crippen LogP contribution in [0.2, 0.25) is 0 Å². The normalized spacial score (nSPS) is 11.0. The van der Waals surface area contributed by atoms with Gasteiger partial charge in [-0.25, -0.2) is 4.98 Å². The maximum Gasteiger partial charge on any atom is 0.0958 e. The summed E-state index contributed by atoms with van der Waals surface area (Å²) in [6.07, 6.45) is 4.38. The van der Waals surface area contributed by atoms with Crippen LogP contribution in [0.1, 0.15) is 42.5 Å². The molecule has 0 aliphatic carbocycles. The Labute approximate surface area is 86.3 Å². The highest BCUT2D eigenvalue weighted by Gasteiger charge is 2.10. The summed E-state index contributed by atoms with van der Waals surface area (Å²) in [6.45, 7) is 4.45. The number of aromatic nitrogens is 1. The molecule has 1 rings (SSSR count). The number of halogens is 1. The smallest absolute Gasteiger partial charge is 0.0958 e. The monoisotopic (exact) mass is 247 g/mol. The Bertz CT molecular complexity index is 230. The van der Waals surface area contributed by atoms with Gasteiger partial charge in [0.25, 0.3) is 0 Å². The largest absolute Gasteiger partial charge is 0.249 e. The minimum Gasteiger partial charge on any atom is -0.249 e. The Morgan fingerprint density at radius 2 is 2.17 bits per heavy atom. The van der Waals surface area contributed by atoms with Gasteiger partial charge in [0.15, 0.2) is 0 Å². The van der Waals surface area contributed by atoms with Crippen LogP contribution in [0.3, 0.4) is 0 Å². The lowest BCUT2D eigenvalue weighted by atomic mass is 10.1. The first-order valence-corrected chi connectivity index (χ1v) is 6.26. The average Bonchev–Trinajstić information content (AvgIpc) is 2.55. The van der Waals surface area contributed by atoms with Crippen molar-refractivity contribution in [2.24, 2.45) is 0 Å². The summed E-state index contributed by atoms with van der Waals surface area (Å²) < 4.78 is 0. The van der Waals surface area contributed by atoms with Crippen LogP contribution < -0.4 is 0 Å². The topological polar surface area (TPSA) is 12.9 Å². The summed E-state index contributed by atoms with van der Waals surface area (Å²) in [5.74, 6) is 0.669. The van der Waals surface area contributed by atoms with Gasteiger partial charge >= 0.3 is 0 Å². The first-order chi connectivity index (χ1) is 5.81. The van der Waals surface area contributed by atoms with Gasteiger partial charge in [-0.1, -0.05) is 29.8 Å². The second-order valence-electron chi connectivity index (χ2n) is 2.81. The zero-order chi connectivity index (χ0) is 8.97. The SMILES string of the molecule is CCC(CC)c1ncc(CBr)s1. The van der Waals surface area contributed by atoms with E-state index in [9.17, 15) is 0 Å². The number of thiazole rings is 1. The maximum atomic E-state index is 4.42. The minimum atomic E-state index is 0.669. The van der Waals surface area contributed by atoms with E-state index in [4.69, 9.17) is 0 Å². The van der Waals surface area contributed by atoms with Crippen LogP contribution in [0.4, 0.5) is 0 Å². The summed E-state index contributed by atoms with van der Waals surface area (Å²) in [6, 6.07) is 0. The summed E-state index contributed by atoms with van der Waals surface area (Å²) in [5, 5.41) is 2.24. The molecule has 3 heteroatoms. The van der Waals surface area contributed by atoms with E-state index >= 15 is 0 Å². The predicted molar refractivity (Wildman–Crippen MR) is 58.1 cm³/mol. The van der Waals surface area contributed by atoms with Crippen molar-refractivity contribution in [3.63, 3.8) is 0 Å². The molecule has 0 aromatic carbocycles. The van der Waals surface area contributed by atoms with E-state index in [2.05, 4.69) is 34.8 Å². The first-order valence-electron chi connectivity index (χ1n) is 4.32. The molecule has 0 atom stereocenters. The Kier molecular flexibility index (Phi) is 4.22. The van der Waals surface area contributed by atoms with Crippen LogP contribution in [0, 0.1) is 0 Å². The molecule has 0 aliphatic rings. The number of alkyl halides is 1. The van der Waals surface area contributed by atoms with E-state index in [1.807, 2.05) is 17.5 Å². The standard InChI is InChI=1S/C9H14BrNS/c1-3-7(4-2)9-11-6-8(5-10)12-9/h6-7H,3-5H2,1-2H3. The van der Waals surface area contributed by atoms with Gasteiger partial charge in [-0.3, -0.25) is 0 Å². The molecule has 0 bridgehead atoms. The van der Waals surface area contributed by atoms with E-state index < -0.39 is 0 Å². The van der Waals surface area contributed by atoms with Crippen LogP contribution in [-0.2, 0) is 5.33 Å². The molecular weight excluding hydrogens is 234 g/mol. The van der Waals surface area contributed by atoms with E-state index in [-0.39, 0.29) is 0 Å². The molecule has 68 valence electrons. The first kappa shape index (κ1) is 10.2.